The molecule has 1 N–H and O–H groups in total. The highest BCUT2D eigenvalue weighted by Gasteiger charge is 2.12. The van der Waals surface area contributed by atoms with Crippen LogP contribution in [0.25, 0.3) is 0 Å². The molecule has 0 aliphatic rings. The lowest BCUT2D eigenvalue weighted by Crippen LogP contribution is -2.24. The van der Waals surface area contributed by atoms with E-state index in [4.69, 9.17) is 0 Å². The molecule has 0 bridgehead atoms. The standard InChI is InChI=1S/C18H22N2O3S/c1-14-7-9-15(10-8-14)11-12-18(21)19-16-5-4-6-17(13-16)20(2)24(3,22)23/h4-10,13H,11-12H2,1-3H3,(H,19,21). The Morgan fingerprint density at radius 2 is 1.79 bits per heavy atom. The van der Waals surface area contributed by atoms with Gasteiger partial charge in [0, 0.05) is 19.2 Å². The molecule has 2 aromatic rings. The summed E-state index contributed by atoms with van der Waals surface area (Å²) in [6, 6.07) is 14.9. The number of amides is 1. The second-order valence-corrected chi connectivity index (χ2v) is 7.83. The first-order chi connectivity index (χ1) is 11.3. The molecule has 0 atom stereocenters. The molecule has 0 saturated carbocycles. The Labute approximate surface area is 143 Å². The number of aryl methyl sites for hydroxylation is 2. The van der Waals surface area contributed by atoms with Crippen LogP contribution in [-0.2, 0) is 21.2 Å². The van der Waals surface area contributed by atoms with Crippen LogP contribution in [0.2, 0.25) is 0 Å². The summed E-state index contributed by atoms with van der Waals surface area (Å²) in [6.07, 6.45) is 2.17. The number of sulfonamides is 1. The summed E-state index contributed by atoms with van der Waals surface area (Å²) in [4.78, 5) is 12.1. The van der Waals surface area contributed by atoms with Gasteiger partial charge in [-0.15, -0.1) is 0 Å². The van der Waals surface area contributed by atoms with Gasteiger partial charge in [-0.1, -0.05) is 35.9 Å². The van der Waals surface area contributed by atoms with Crippen LogP contribution in [0.4, 0.5) is 11.4 Å². The van der Waals surface area contributed by atoms with Gasteiger partial charge in [0.25, 0.3) is 0 Å². The minimum atomic E-state index is -3.33. The molecule has 2 rings (SSSR count). The molecule has 6 heteroatoms. The zero-order valence-electron chi connectivity index (χ0n) is 14.1. The average molecular weight is 346 g/mol. The zero-order valence-corrected chi connectivity index (χ0v) is 14.9. The molecule has 2 aromatic carbocycles. The highest BCUT2D eigenvalue weighted by molar-refractivity contribution is 7.92. The van der Waals surface area contributed by atoms with Crippen molar-refractivity contribution in [1.29, 1.82) is 0 Å². The summed E-state index contributed by atoms with van der Waals surface area (Å²) in [5.74, 6) is -0.102. The van der Waals surface area contributed by atoms with Crippen molar-refractivity contribution in [2.45, 2.75) is 19.8 Å². The fourth-order valence-electron chi connectivity index (χ4n) is 2.21. The fraction of sp³-hybridized carbons (Fsp3) is 0.278. The average Bonchev–Trinajstić information content (AvgIpc) is 2.53. The third-order valence-electron chi connectivity index (χ3n) is 3.75. The number of nitrogens with zero attached hydrogens (tertiary/aromatic N) is 1. The normalized spacial score (nSPS) is 11.1. The molecule has 0 spiro atoms. The maximum absolute atomic E-state index is 12.1. The minimum Gasteiger partial charge on any atom is -0.326 e. The van der Waals surface area contributed by atoms with Crippen LogP contribution in [0, 0.1) is 6.92 Å². The van der Waals surface area contributed by atoms with Crippen molar-refractivity contribution in [2.75, 3.05) is 22.9 Å². The van der Waals surface area contributed by atoms with E-state index in [0.717, 1.165) is 11.8 Å². The van der Waals surface area contributed by atoms with E-state index in [9.17, 15) is 13.2 Å². The Morgan fingerprint density at radius 3 is 2.42 bits per heavy atom. The van der Waals surface area contributed by atoms with Crippen molar-refractivity contribution in [3.05, 3.63) is 59.7 Å². The summed E-state index contributed by atoms with van der Waals surface area (Å²) in [7, 11) is -1.85. The molecular formula is C18H22N2O3S. The molecule has 24 heavy (non-hydrogen) atoms. The number of hydrogen-bond acceptors (Lipinski definition) is 3. The maximum atomic E-state index is 12.1. The number of carbonyl (C=O) groups is 1. The van der Waals surface area contributed by atoms with Gasteiger partial charge in [0.2, 0.25) is 15.9 Å². The summed E-state index contributed by atoms with van der Waals surface area (Å²) in [5, 5.41) is 2.81. The van der Waals surface area contributed by atoms with Gasteiger partial charge in [-0.25, -0.2) is 8.42 Å². The zero-order chi connectivity index (χ0) is 17.7. The summed E-state index contributed by atoms with van der Waals surface area (Å²) >= 11 is 0. The van der Waals surface area contributed by atoms with Gasteiger partial charge in [-0.05, 0) is 37.1 Å². The first-order valence-electron chi connectivity index (χ1n) is 7.65. The van der Waals surface area contributed by atoms with E-state index in [1.54, 1.807) is 24.3 Å². The first-order valence-corrected chi connectivity index (χ1v) is 9.50. The van der Waals surface area contributed by atoms with Gasteiger partial charge < -0.3 is 5.32 Å². The van der Waals surface area contributed by atoms with Crippen molar-refractivity contribution < 1.29 is 13.2 Å². The Balaban J connectivity index is 1.98. The lowest BCUT2D eigenvalue weighted by atomic mass is 10.1. The highest BCUT2D eigenvalue weighted by Crippen LogP contribution is 2.20. The first kappa shape index (κ1) is 18.0. The number of carbonyl (C=O) groups excluding carboxylic acids is 1. The van der Waals surface area contributed by atoms with Gasteiger partial charge >= 0.3 is 0 Å². The molecule has 0 saturated heterocycles. The van der Waals surface area contributed by atoms with Crippen LogP contribution in [-0.4, -0.2) is 27.6 Å². The molecule has 0 aliphatic heterocycles. The van der Waals surface area contributed by atoms with E-state index >= 15 is 0 Å². The molecule has 0 unspecified atom stereocenters. The minimum absolute atomic E-state index is 0.102. The highest BCUT2D eigenvalue weighted by atomic mass is 32.2. The molecule has 0 fully saturated rings. The number of benzene rings is 2. The lowest BCUT2D eigenvalue weighted by molar-refractivity contribution is -0.116. The molecule has 0 aromatic heterocycles. The van der Waals surface area contributed by atoms with Gasteiger partial charge in [0.15, 0.2) is 0 Å². The van der Waals surface area contributed by atoms with E-state index in [1.807, 2.05) is 31.2 Å². The molecule has 5 nitrogen and oxygen atoms in total. The molecule has 0 radical (unpaired) electrons. The second-order valence-electron chi connectivity index (χ2n) is 5.81. The SMILES string of the molecule is Cc1ccc(CCC(=O)Nc2cccc(N(C)S(C)(=O)=O)c2)cc1. The van der Waals surface area contributed by atoms with Crippen molar-refractivity contribution >= 4 is 27.3 Å². The number of hydrogen-bond donors (Lipinski definition) is 1. The molecular weight excluding hydrogens is 324 g/mol. The van der Waals surface area contributed by atoms with Gasteiger partial charge in [-0.3, -0.25) is 9.10 Å². The van der Waals surface area contributed by atoms with E-state index in [-0.39, 0.29) is 5.91 Å². The summed E-state index contributed by atoms with van der Waals surface area (Å²) in [5.41, 5.74) is 3.39. The monoisotopic (exact) mass is 346 g/mol. The topological polar surface area (TPSA) is 66.5 Å². The molecule has 1 amide bonds. The van der Waals surface area contributed by atoms with Crippen LogP contribution < -0.4 is 9.62 Å². The number of anilines is 2. The van der Waals surface area contributed by atoms with Crippen LogP contribution in [0.3, 0.4) is 0 Å². The predicted molar refractivity (Wildman–Crippen MR) is 97.8 cm³/mol. The largest absolute Gasteiger partial charge is 0.326 e. The van der Waals surface area contributed by atoms with Crippen molar-refractivity contribution in [3.63, 3.8) is 0 Å². The molecule has 128 valence electrons. The van der Waals surface area contributed by atoms with Gasteiger partial charge in [-0.2, -0.15) is 0 Å². The van der Waals surface area contributed by atoms with Gasteiger partial charge in [0.1, 0.15) is 0 Å². The Hall–Kier alpha value is -2.34. The smallest absolute Gasteiger partial charge is 0.231 e. The number of rotatable bonds is 6. The third kappa shape index (κ3) is 5.09. The predicted octanol–water partition coefficient (Wildman–Crippen LogP) is 2.96. The molecule has 0 aliphatic carbocycles. The van der Waals surface area contributed by atoms with Crippen molar-refractivity contribution in [1.82, 2.24) is 0 Å². The maximum Gasteiger partial charge on any atom is 0.231 e. The summed E-state index contributed by atoms with van der Waals surface area (Å²) < 4.78 is 24.3. The van der Waals surface area contributed by atoms with E-state index in [1.165, 1.54) is 16.9 Å². The Kier molecular flexibility index (Phi) is 5.62. The van der Waals surface area contributed by atoms with Crippen LogP contribution in [0.15, 0.2) is 48.5 Å². The summed E-state index contributed by atoms with van der Waals surface area (Å²) in [6.45, 7) is 2.02. The Morgan fingerprint density at radius 1 is 1.12 bits per heavy atom. The molecule has 0 heterocycles. The third-order valence-corrected chi connectivity index (χ3v) is 4.96. The van der Waals surface area contributed by atoms with Gasteiger partial charge in [0.05, 0.1) is 11.9 Å². The van der Waals surface area contributed by atoms with Crippen molar-refractivity contribution in [2.24, 2.45) is 0 Å². The Bertz CT molecular complexity index is 814. The quantitative estimate of drug-likeness (QED) is 0.874. The lowest BCUT2D eigenvalue weighted by Gasteiger charge is -2.17. The second kappa shape index (κ2) is 7.49. The van der Waals surface area contributed by atoms with Crippen LogP contribution in [0.1, 0.15) is 17.5 Å². The van der Waals surface area contributed by atoms with Crippen molar-refractivity contribution in [3.8, 4) is 0 Å². The van der Waals surface area contributed by atoms with Crippen LogP contribution >= 0.6 is 0 Å². The number of nitrogens with one attached hydrogen (secondary N) is 1. The van der Waals surface area contributed by atoms with E-state index < -0.39 is 10.0 Å². The van der Waals surface area contributed by atoms with E-state index in [0.29, 0.717) is 24.2 Å². The van der Waals surface area contributed by atoms with E-state index in [2.05, 4.69) is 5.32 Å². The fourth-order valence-corrected chi connectivity index (χ4v) is 2.70. The van der Waals surface area contributed by atoms with Crippen LogP contribution in [0.5, 0.6) is 0 Å².